The van der Waals surface area contributed by atoms with E-state index in [0.717, 1.165) is 17.9 Å². The molecule has 0 aliphatic carbocycles. The molecule has 1 N–H and O–H groups in total. The summed E-state index contributed by atoms with van der Waals surface area (Å²) in [5, 5.41) is 17.9. The minimum absolute atomic E-state index is 0.0600. The molecule has 5 heteroatoms. The first kappa shape index (κ1) is 9.98. The van der Waals surface area contributed by atoms with Crippen molar-refractivity contribution in [2.75, 3.05) is 5.75 Å². The van der Waals surface area contributed by atoms with Crippen LogP contribution in [0.2, 0.25) is 0 Å². The summed E-state index contributed by atoms with van der Waals surface area (Å²) < 4.78 is 1.59. The van der Waals surface area contributed by atoms with E-state index < -0.39 is 6.10 Å². The van der Waals surface area contributed by atoms with E-state index in [0.29, 0.717) is 0 Å². The second-order valence-electron chi connectivity index (χ2n) is 3.95. The molecule has 1 aromatic rings. The molecule has 0 radical (unpaired) electrons. The minimum atomic E-state index is -0.463. The summed E-state index contributed by atoms with van der Waals surface area (Å²) in [6.45, 7) is 2.11. The average Bonchev–Trinajstić information content (AvgIpc) is 2.74. The molecule has 4 nitrogen and oxygen atoms in total. The molecular weight excluding hydrogens is 198 g/mol. The molecule has 2 atom stereocenters. The van der Waals surface area contributed by atoms with Gasteiger partial charge in [-0.2, -0.15) is 11.8 Å². The summed E-state index contributed by atoms with van der Waals surface area (Å²) >= 11 is 1.84. The van der Waals surface area contributed by atoms with Crippen molar-refractivity contribution < 1.29 is 5.11 Å². The molecule has 14 heavy (non-hydrogen) atoms. The van der Waals surface area contributed by atoms with Gasteiger partial charge in [-0.25, -0.2) is 4.68 Å². The molecule has 1 saturated heterocycles. The molecule has 0 spiro atoms. The number of aliphatic hydroxyl groups is 1. The molecule has 0 saturated carbocycles. The lowest BCUT2D eigenvalue weighted by Gasteiger charge is -2.28. The van der Waals surface area contributed by atoms with Crippen LogP contribution in [0.1, 0.15) is 31.6 Å². The van der Waals surface area contributed by atoms with Crippen LogP contribution in [0.3, 0.4) is 0 Å². The molecule has 0 bridgehead atoms. The van der Waals surface area contributed by atoms with Gasteiger partial charge in [0.25, 0.3) is 0 Å². The van der Waals surface area contributed by atoms with Crippen molar-refractivity contribution in [3.05, 3.63) is 11.9 Å². The van der Waals surface area contributed by atoms with E-state index in [1.165, 1.54) is 6.42 Å². The molecule has 1 fully saturated rings. The van der Waals surface area contributed by atoms with E-state index in [4.69, 9.17) is 0 Å². The fourth-order valence-corrected chi connectivity index (χ4v) is 3.20. The van der Waals surface area contributed by atoms with Gasteiger partial charge < -0.3 is 5.11 Å². The Balaban J connectivity index is 2.23. The highest BCUT2D eigenvalue weighted by Gasteiger charge is 2.39. The molecule has 1 aliphatic heterocycles. The van der Waals surface area contributed by atoms with Crippen LogP contribution in [0.4, 0.5) is 0 Å². The Morgan fingerprint density at radius 2 is 2.50 bits per heavy atom. The zero-order valence-electron chi connectivity index (χ0n) is 8.47. The van der Waals surface area contributed by atoms with Crippen LogP contribution in [-0.4, -0.2) is 30.6 Å². The van der Waals surface area contributed by atoms with Crippen molar-refractivity contribution in [3.8, 4) is 0 Å². The van der Waals surface area contributed by atoms with E-state index in [-0.39, 0.29) is 4.75 Å². The minimum Gasteiger partial charge on any atom is -0.385 e. The van der Waals surface area contributed by atoms with Crippen LogP contribution < -0.4 is 0 Å². The third-order valence-corrected chi connectivity index (χ3v) is 4.44. The van der Waals surface area contributed by atoms with Crippen molar-refractivity contribution in [1.29, 1.82) is 0 Å². The molecule has 2 unspecified atom stereocenters. The van der Waals surface area contributed by atoms with Crippen molar-refractivity contribution >= 4 is 11.8 Å². The van der Waals surface area contributed by atoms with Gasteiger partial charge in [0, 0.05) is 11.8 Å². The van der Waals surface area contributed by atoms with E-state index >= 15 is 0 Å². The van der Waals surface area contributed by atoms with Crippen molar-refractivity contribution in [2.24, 2.45) is 7.05 Å². The third kappa shape index (κ3) is 1.54. The van der Waals surface area contributed by atoms with Crippen molar-refractivity contribution in [1.82, 2.24) is 15.0 Å². The van der Waals surface area contributed by atoms with Gasteiger partial charge in [0.05, 0.1) is 11.9 Å². The normalized spacial score (nSPS) is 29.4. The lowest BCUT2D eigenvalue weighted by molar-refractivity contribution is 0.126. The molecular formula is C9H15N3OS. The molecule has 1 aliphatic rings. The SMILES string of the molecule is Cn1nncc1C(O)C1(C)CCCS1. The van der Waals surface area contributed by atoms with Gasteiger partial charge in [0.15, 0.2) is 0 Å². The Morgan fingerprint density at radius 1 is 1.71 bits per heavy atom. The van der Waals surface area contributed by atoms with Crippen LogP contribution in [0.15, 0.2) is 6.20 Å². The Kier molecular flexibility index (Phi) is 2.53. The zero-order chi connectivity index (χ0) is 10.2. The predicted molar refractivity (Wildman–Crippen MR) is 56.1 cm³/mol. The highest BCUT2D eigenvalue weighted by atomic mass is 32.2. The largest absolute Gasteiger partial charge is 0.385 e. The smallest absolute Gasteiger partial charge is 0.112 e. The Morgan fingerprint density at radius 3 is 3.00 bits per heavy atom. The van der Waals surface area contributed by atoms with Gasteiger partial charge >= 0.3 is 0 Å². The third-order valence-electron chi connectivity index (χ3n) is 2.86. The van der Waals surface area contributed by atoms with E-state index in [1.54, 1.807) is 10.9 Å². The molecule has 0 aromatic carbocycles. The Labute approximate surface area is 87.7 Å². The first-order chi connectivity index (χ1) is 6.63. The van der Waals surface area contributed by atoms with Crippen LogP contribution >= 0.6 is 11.8 Å². The molecule has 2 rings (SSSR count). The van der Waals surface area contributed by atoms with Gasteiger partial charge in [0.2, 0.25) is 0 Å². The number of hydrogen-bond donors (Lipinski definition) is 1. The van der Waals surface area contributed by atoms with Gasteiger partial charge in [0.1, 0.15) is 6.10 Å². The van der Waals surface area contributed by atoms with E-state index in [9.17, 15) is 5.11 Å². The number of hydrogen-bond acceptors (Lipinski definition) is 4. The Hall–Kier alpha value is -0.550. The highest BCUT2D eigenvalue weighted by Crippen LogP contribution is 2.46. The standard InChI is InChI=1S/C9H15N3OS/c1-9(4-3-5-14-9)8(13)7-6-10-11-12(7)2/h6,8,13H,3-5H2,1-2H3. The van der Waals surface area contributed by atoms with Crippen molar-refractivity contribution in [3.63, 3.8) is 0 Å². The number of rotatable bonds is 2. The second kappa shape index (κ2) is 3.55. The molecule has 1 aromatic heterocycles. The topological polar surface area (TPSA) is 50.9 Å². The highest BCUT2D eigenvalue weighted by molar-refractivity contribution is 8.00. The quantitative estimate of drug-likeness (QED) is 0.800. The second-order valence-corrected chi connectivity index (χ2v) is 5.58. The summed E-state index contributed by atoms with van der Waals surface area (Å²) in [6.07, 6.45) is 3.43. The summed E-state index contributed by atoms with van der Waals surface area (Å²) in [4.78, 5) is 0. The number of thioether (sulfide) groups is 1. The van der Waals surface area contributed by atoms with Crippen molar-refractivity contribution in [2.45, 2.75) is 30.6 Å². The summed E-state index contributed by atoms with van der Waals surface area (Å²) in [5.41, 5.74) is 0.807. The monoisotopic (exact) mass is 213 g/mol. The first-order valence-corrected chi connectivity index (χ1v) is 5.79. The van der Waals surface area contributed by atoms with Gasteiger partial charge in [-0.05, 0) is 25.5 Å². The number of nitrogens with zero attached hydrogens (tertiary/aromatic N) is 3. The first-order valence-electron chi connectivity index (χ1n) is 4.80. The fraction of sp³-hybridized carbons (Fsp3) is 0.778. The lowest BCUT2D eigenvalue weighted by atomic mass is 9.96. The predicted octanol–water partition coefficient (Wildman–Crippen LogP) is 1.13. The molecule has 2 heterocycles. The Bertz CT molecular complexity index is 320. The fourth-order valence-electron chi connectivity index (χ4n) is 1.87. The van der Waals surface area contributed by atoms with Gasteiger partial charge in [-0.1, -0.05) is 5.21 Å². The van der Waals surface area contributed by atoms with Gasteiger partial charge in [-0.3, -0.25) is 0 Å². The summed E-state index contributed by atoms with van der Waals surface area (Å²) in [6, 6.07) is 0. The van der Waals surface area contributed by atoms with Crippen LogP contribution in [-0.2, 0) is 7.05 Å². The lowest BCUT2D eigenvalue weighted by Crippen LogP contribution is -2.27. The van der Waals surface area contributed by atoms with E-state index in [2.05, 4.69) is 17.2 Å². The molecule has 0 amide bonds. The maximum Gasteiger partial charge on any atom is 0.112 e. The number of aliphatic hydroxyl groups excluding tert-OH is 1. The summed E-state index contributed by atoms with van der Waals surface area (Å²) in [7, 11) is 1.81. The maximum absolute atomic E-state index is 10.2. The van der Waals surface area contributed by atoms with Crippen LogP contribution in [0.25, 0.3) is 0 Å². The maximum atomic E-state index is 10.2. The van der Waals surface area contributed by atoms with E-state index in [1.807, 2.05) is 18.8 Å². The van der Waals surface area contributed by atoms with Crippen LogP contribution in [0.5, 0.6) is 0 Å². The average molecular weight is 213 g/mol. The molecule has 78 valence electrons. The number of aryl methyl sites for hydroxylation is 1. The van der Waals surface area contributed by atoms with Crippen LogP contribution in [0, 0.1) is 0 Å². The zero-order valence-corrected chi connectivity index (χ0v) is 9.29. The van der Waals surface area contributed by atoms with Gasteiger partial charge in [-0.15, -0.1) is 5.10 Å². The summed E-state index contributed by atoms with van der Waals surface area (Å²) in [5.74, 6) is 1.14. The number of aromatic nitrogens is 3.